The van der Waals surface area contributed by atoms with Gasteiger partial charge in [-0.3, -0.25) is 0 Å². The van der Waals surface area contributed by atoms with E-state index in [1.165, 1.54) is 6.07 Å². The molecular formula is C12H14FN. The van der Waals surface area contributed by atoms with Gasteiger partial charge < -0.3 is 5.73 Å². The van der Waals surface area contributed by atoms with Crippen molar-refractivity contribution in [3.8, 4) is 0 Å². The van der Waals surface area contributed by atoms with Crippen LogP contribution in [0.4, 0.5) is 4.39 Å². The highest BCUT2D eigenvalue weighted by Gasteiger charge is 2.20. The number of nitrogens with two attached hydrogens (primary N) is 1. The maximum Gasteiger partial charge on any atom is 0.126 e. The molecule has 1 nitrogen and oxygen atoms in total. The average Bonchev–Trinajstić information content (AvgIpc) is 2.67. The van der Waals surface area contributed by atoms with Crippen LogP contribution in [0, 0.1) is 5.82 Å². The zero-order valence-corrected chi connectivity index (χ0v) is 8.09. The molecule has 2 rings (SSSR count). The molecule has 0 amide bonds. The van der Waals surface area contributed by atoms with Gasteiger partial charge in [-0.05, 0) is 42.0 Å². The minimum Gasteiger partial charge on any atom is -0.321 e. The summed E-state index contributed by atoms with van der Waals surface area (Å²) >= 11 is 0. The van der Waals surface area contributed by atoms with E-state index in [1.807, 2.05) is 0 Å². The molecule has 1 aromatic rings. The maximum atomic E-state index is 13.4. The fourth-order valence-corrected chi connectivity index (χ4v) is 2.13. The molecule has 1 aliphatic rings. The van der Waals surface area contributed by atoms with Crippen molar-refractivity contribution in [2.75, 3.05) is 0 Å². The van der Waals surface area contributed by atoms with Crippen molar-refractivity contribution in [2.45, 2.75) is 25.3 Å². The van der Waals surface area contributed by atoms with Gasteiger partial charge in [-0.2, -0.15) is 0 Å². The highest BCUT2D eigenvalue weighted by Crippen LogP contribution is 2.30. The second kappa shape index (κ2) is 3.54. The molecule has 0 heterocycles. The van der Waals surface area contributed by atoms with Crippen LogP contribution in [0.3, 0.4) is 0 Å². The standard InChI is InChI=1S/C12H14FN/c1-2-12(14)10-6-7-11(13)9-5-3-4-8(9)10/h2,6-7,12H,1,3-5,14H2/t12-/m1/s1. The van der Waals surface area contributed by atoms with E-state index in [9.17, 15) is 4.39 Å². The third kappa shape index (κ3) is 1.36. The Morgan fingerprint density at radius 1 is 1.36 bits per heavy atom. The zero-order valence-electron chi connectivity index (χ0n) is 8.09. The SMILES string of the molecule is C=C[C@@H](N)c1ccc(F)c2c1CCC2. The molecule has 0 saturated carbocycles. The van der Waals surface area contributed by atoms with Crippen LogP contribution in [0.5, 0.6) is 0 Å². The van der Waals surface area contributed by atoms with Crippen LogP contribution in [-0.2, 0) is 12.8 Å². The number of hydrogen-bond donors (Lipinski definition) is 1. The highest BCUT2D eigenvalue weighted by molar-refractivity contribution is 5.42. The van der Waals surface area contributed by atoms with E-state index in [-0.39, 0.29) is 11.9 Å². The summed E-state index contributed by atoms with van der Waals surface area (Å²) in [6.45, 7) is 3.67. The summed E-state index contributed by atoms with van der Waals surface area (Å²) in [6, 6.07) is 3.14. The summed E-state index contributed by atoms with van der Waals surface area (Å²) in [6.07, 6.45) is 4.53. The molecule has 0 fully saturated rings. The van der Waals surface area contributed by atoms with Gasteiger partial charge in [0.1, 0.15) is 5.82 Å². The van der Waals surface area contributed by atoms with Gasteiger partial charge in [-0.25, -0.2) is 4.39 Å². The topological polar surface area (TPSA) is 26.0 Å². The summed E-state index contributed by atoms with van der Waals surface area (Å²) in [5.41, 5.74) is 8.88. The molecule has 14 heavy (non-hydrogen) atoms. The Kier molecular flexibility index (Phi) is 2.38. The molecule has 0 unspecified atom stereocenters. The first kappa shape index (κ1) is 9.41. The highest BCUT2D eigenvalue weighted by atomic mass is 19.1. The Bertz CT molecular complexity index is 371. The van der Waals surface area contributed by atoms with Crippen molar-refractivity contribution >= 4 is 0 Å². The summed E-state index contributed by atoms with van der Waals surface area (Å²) < 4.78 is 13.4. The molecule has 0 radical (unpaired) electrons. The minimum atomic E-state index is -0.164. The fourth-order valence-electron chi connectivity index (χ4n) is 2.13. The Hall–Kier alpha value is -1.15. The molecule has 1 aromatic carbocycles. The van der Waals surface area contributed by atoms with Crippen molar-refractivity contribution in [1.82, 2.24) is 0 Å². The smallest absolute Gasteiger partial charge is 0.126 e. The lowest BCUT2D eigenvalue weighted by molar-refractivity contribution is 0.611. The second-order valence-corrected chi connectivity index (χ2v) is 3.71. The van der Waals surface area contributed by atoms with E-state index in [0.717, 1.165) is 36.0 Å². The van der Waals surface area contributed by atoms with Gasteiger partial charge in [0.25, 0.3) is 0 Å². The van der Waals surface area contributed by atoms with E-state index >= 15 is 0 Å². The van der Waals surface area contributed by atoms with E-state index in [0.29, 0.717) is 0 Å². The third-order valence-electron chi connectivity index (χ3n) is 2.88. The average molecular weight is 191 g/mol. The normalized spacial score (nSPS) is 16.4. The van der Waals surface area contributed by atoms with Gasteiger partial charge in [0.15, 0.2) is 0 Å². The van der Waals surface area contributed by atoms with Crippen molar-refractivity contribution in [2.24, 2.45) is 5.73 Å². The van der Waals surface area contributed by atoms with Crippen LogP contribution >= 0.6 is 0 Å². The third-order valence-corrected chi connectivity index (χ3v) is 2.88. The van der Waals surface area contributed by atoms with E-state index in [2.05, 4.69) is 6.58 Å². The fraction of sp³-hybridized carbons (Fsp3) is 0.333. The predicted octanol–water partition coefficient (Wildman–Crippen LogP) is 2.50. The van der Waals surface area contributed by atoms with Gasteiger partial charge >= 0.3 is 0 Å². The van der Waals surface area contributed by atoms with E-state index in [4.69, 9.17) is 5.73 Å². The molecular weight excluding hydrogens is 177 g/mol. The summed E-state index contributed by atoms with van der Waals surface area (Å²) in [5, 5.41) is 0. The molecule has 1 aliphatic carbocycles. The molecule has 0 saturated heterocycles. The maximum absolute atomic E-state index is 13.4. The molecule has 74 valence electrons. The number of rotatable bonds is 2. The lowest BCUT2D eigenvalue weighted by Crippen LogP contribution is -2.10. The largest absolute Gasteiger partial charge is 0.321 e. The number of benzene rings is 1. The number of hydrogen-bond acceptors (Lipinski definition) is 1. The van der Waals surface area contributed by atoms with Crippen LogP contribution in [-0.4, -0.2) is 0 Å². The lowest BCUT2D eigenvalue weighted by atomic mass is 9.97. The quantitative estimate of drug-likeness (QED) is 0.714. The Morgan fingerprint density at radius 2 is 2.07 bits per heavy atom. The number of halogens is 1. The first-order valence-electron chi connectivity index (χ1n) is 4.92. The second-order valence-electron chi connectivity index (χ2n) is 3.71. The van der Waals surface area contributed by atoms with E-state index in [1.54, 1.807) is 12.1 Å². The van der Waals surface area contributed by atoms with Crippen molar-refractivity contribution in [3.05, 3.63) is 47.3 Å². The van der Waals surface area contributed by atoms with Crippen LogP contribution < -0.4 is 5.73 Å². The summed E-state index contributed by atoms with van der Waals surface area (Å²) in [4.78, 5) is 0. The van der Waals surface area contributed by atoms with E-state index < -0.39 is 0 Å². The molecule has 0 aromatic heterocycles. The Balaban J connectivity index is 2.53. The number of fused-ring (bicyclic) bond motifs is 1. The molecule has 0 aliphatic heterocycles. The van der Waals surface area contributed by atoms with Crippen molar-refractivity contribution in [1.29, 1.82) is 0 Å². The van der Waals surface area contributed by atoms with Crippen molar-refractivity contribution < 1.29 is 4.39 Å². The van der Waals surface area contributed by atoms with Gasteiger partial charge in [-0.1, -0.05) is 12.1 Å². The van der Waals surface area contributed by atoms with Crippen molar-refractivity contribution in [3.63, 3.8) is 0 Å². The van der Waals surface area contributed by atoms with Gasteiger partial charge in [0.2, 0.25) is 0 Å². The monoisotopic (exact) mass is 191 g/mol. The zero-order chi connectivity index (χ0) is 10.1. The molecule has 2 N–H and O–H groups in total. The van der Waals surface area contributed by atoms with Gasteiger partial charge in [-0.15, -0.1) is 6.58 Å². The first-order chi connectivity index (χ1) is 6.74. The minimum absolute atomic E-state index is 0.0856. The van der Waals surface area contributed by atoms with Crippen LogP contribution in [0.15, 0.2) is 24.8 Å². The Morgan fingerprint density at radius 3 is 2.79 bits per heavy atom. The lowest BCUT2D eigenvalue weighted by Gasteiger charge is -2.12. The van der Waals surface area contributed by atoms with Crippen LogP contribution in [0.25, 0.3) is 0 Å². The van der Waals surface area contributed by atoms with Gasteiger partial charge in [0.05, 0.1) is 0 Å². The predicted molar refractivity (Wildman–Crippen MR) is 55.6 cm³/mol. The summed E-state index contributed by atoms with van der Waals surface area (Å²) in [7, 11) is 0. The Labute approximate surface area is 83.4 Å². The molecule has 2 heteroatoms. The van der Waals surface area contributed by atoms with Crippen LogP contribution in [0.2, 0.25) is 0 Å². The first-order valence-corrected chi connectivity index (χ1v) is 4.92. The van der Waals surface area contributed by atoms with Crippen LogP contribution in [0.1, 0.15) is 29.2 Å². The molecule has 1 atom stereocenters. The molecule has 0 bridgehead atoms. The summed E-state index contributed by atoms with van der Waals surface area (Å²) in [5.74, 6) is -0.0856. The molecule has 0 spiro atoms. The van der Waals surface area contributed by atoms with Gasteiger partial charge in [0, 0.05) is 6.04 Å².